The Labute approximate surface area is 162 Å². The number of carbonyl (C=O) groups excluding carboxylic acids is 1. The lowest BCUT2D eigenvalue weighted by Gasteiger charge is -2.14. The molecule has 28 heavy (non-hydrogen) atoms. The Balaban J connectivity index is 1.82. The monoisotopic (exact) mass is 397 g/mol. The van der Waals surface area contributed by atoms with Crippen molar-refractivity contribution in [3.05, 3.63) is 86.6 Å². The lowest BCUT2D eigenvalue weighted by Crippen LogP contribution is -2.28. The van der Waals surface area contributed by atoms with Gasteiger partial charge >= 0.3 is 5.69 Å². The summed E-state index contributed by atoms with van der Waals surface area (Å²) in [6, 6.07) is 15.3. The first-order chi connectivity index (χ1) is 13.5. The van der Waals surface area contributed by atoms with Gasteiger partial charge in [0.25, 0.3) is 11.5 Å². The summed E-state index contributed by atoms with van der Waals surface area (Å²) in [6.45, 7) is 0. The first-order valence-electron chi connectivity index (χ1n) is 8.06. The van der Waals surface area contributed by atoms with Crippen LogP contribution in [0.25, 0.3) is 0 Å². The van der Waals surface area contributed by atoms with Crippen molar-refractivity contribution in [3.63, 3.8) is 0 Å². The predicted molar refractivity (Wildman–Crippen MR) is 104 cm³/mol. The summed E-state index contributed by atoms with van der Waals surface area (Å²) in [5, 5.41) is 18.5. The fraction of sp³-hybridized carbons (Fsp3) is 0.0556. The van der Waals surface area contributed by atoms with E-state index in [0.717, 1.165) is 11.8 Å². The molecule has 0 radical (unpaired) electrons. The van der Waals surface area contributed by atoms with Gasteiger partial charge in [0, 0.05) is 5.56 Å². The Morgan fingerprint density at radius 2 is 1.86 bits per heavy atom. The number of aromatic hydroxyl groups is 1. The van der Waals surface area contributed by atoms with Crippen molar-refractivity contribution in [1.29, 1.82) is 0 Å². The number of benzene rings is 2. The number of nitrogens with one attached hydrogen (secondary N) is 3. The number of carbonyl (C=O) groups is 1. The zero-order valence-electron chi connectivity index (χ0n) is 14.3. The minimum atomic E-state index is -0.845. The van der Waals surface area contributed by atoms with Crippen LogP contribution >= 0.6 is 11.8 Å². The van der Waals surface area contributed by atoms with E-state index in [1.807, 2.05) is 0 Å². The molecule has 1 unspecified atom stereocenters. The summed E-state index contributed by atoms with van der Waals surface area (Å²) in [7, 11) is 0. The normalized spacial score (nSPS) is 12.0. The molecule has 1 heterocycles. The molecule has 9 nitrogen and oxygen atoms in total. The number of amides is 1. The van der Waals surface area contributed by atoms with Gasteiger partial charge in [0.15, 0.2) is 5.03 Å². The number of para-hydroxylation sites is 1. The molecule has 0 aliphatic carbocycles. The highest BCUT2D eigenvalue weighted by Crippen LogP contribution is 2.32. The summed E-state index contributed by atoms with van der Waals surface area (Å²) < 4.78 is 0. The smallest absolute Gasteiger partial charge is 0.342 e. The van der Waals surface area contributed by atoms with Crippen molar-refractivity contribution >= 4 is 23.9 Å². The third-order valence-corrected chi connectivity index (χ3v) is 4.79. The molecule has 1 aromatic heterocycles. The highest BCUT2D eigenvalue weighted by Gasteiger charge is 2.24. The summed E-state index contributed by atoms with van der Waals surface area (Å²) in [5.41, 5.74) is 2.02. The Bertz CT molecular complexity index is 1110. The minimum Gasteiger partial charge on any atom is -0.507 e. The number of thioether (sulfide) groups is 1. The molecular formula is C18H15N5O4S. The van der Waals surface area contributed by atoms with E-state index < -0.39 is 22.4 Å². The summed E-state index contributed by atoms with van der Waals surface area (Å²) in [5.74, 6) is -0.478. The van der Waals surface area contributed by atoms with Gasteiger partial charge in [-0.25, -0.2) is 15.3 Å². The van der Waals surface area contributed by atoms with E-state index in [2.05, 4.69) is 25.7 Å². The van der Waals surface area contributed by atoms with Crippen LogP contribution in [-0.2, 0) is 4.79 Å². The molecule has 3 aromatic rings. The molecule has 0 bridgehead atoms. The molecule has 1 atom stereocenters. The first kappa shape index (κ1) is 19.1. The zero-order chi connectivity index (χ0) is 19.9. The fourth-order valence-corrected chi connectivity index (χ4v) is 3.18. The summed E-state index contributed by atoms with van der Waals surface area (Å²) in [4.78, 5) is 37.8. The van der Waals surface area contributed by atoms with Crippen LogP contribution in [0.3, 0.4) is 0 Å². The van der Waals surface area contributed by atoms with Gasteiger partial charge in [-0.2, -0.15) is 10.2 Å². The average molecular weight is 397 g/mol. The van der Waals surface area contributed by atoms with E-state index in [1.54, 1.807) is 48.5 Å². The van der Waals surface area contributed by atoms with E-state index in [-0.39, 0.29) is 10.8 Å². The van der Waals surface area contributed by atoms with E-state index in [9.17, 15) is 19.5 Å². The fourth-order valence-electron chi connectivity index (χ4n) is 2.25. The van der Waals surface area contributed by atoms with Gasteiger partial charge < -0.3 is 5.11 Å². The number of aromatic nitrogens is 3. The summed E-state index contributed by atoms with van der Waals surface area (Å²) >= 11 is 0.874. The molecule has 1 amide bonds. The van der Waals surface area contributed by atoms with Crippen molar-refractivity contribution in [2.24, 2.45) is 5.10 Å². The molecule has 0 saturated carbocycles. The second-order valence-electron chi connectivity index (χ2n) is 5.51. The molecule has 4 N–H and O–H groups in total. The van der Waals surface area contributed by atoms with E-state index in [4.69, 9.17) is 0 Å². The second-order valence-corrected chi connectivity index (χ2v) is 6.61. The molecule has 0 aliphatic rings. The number of phenols is 1. The van der Waals surface area contributed by atoms with Crippen LogP contribution < -0.4 is 16.7 Å². The Kier molecular flexibility index (Phi) is 6.02. The minimum absolute atomic E-state index is 0.0263. The third-order valence-electron chi connectivity index (χ3n) is 3.57. The van der Waals surface area contributed by atoms with Gasteiger partial charge in [0.2, 0.25) is 0 Å². The van der Waals surface area contributed by atoms with E-state index >= 15 is 0 Å². The second kappa shape index (κ2) is 8.82. The standard InChI is InChI=1S/C18H15N5O4S/c24-13-9-5-4-8-12(13)10-19-21-15(25)14(11-6-2-1-3-7-11)28-17-16(26)20-18(27)23-22-17/h1-10,14,24H,(H,21,25)(H2,20,23,26,27)/b19-10-. The number of nitrogens with zero attached hydrogens (tertiary/aromatic N) is 2. The topological polar surface area (TPSA) is 140 Å². The van der Waals surface area contributed by atoms with Crippen molar-refractivity contribution in [1.82, 2.24) is 20.6 Å². The van der Waals surface area contributed by atoms with Crippen LogP contribution in [0.4, 0.5) is 0 Å². The predicted octanol–water partition coefficient (Wildman–Crippen LogP) is 1.15. The van der Waals surface area contributed by atoms with Gasteiger partial charge in [-0.05, 0) is 17.7 Å². The molecule has 142 valence electrons. The maximum Gasteiger partial charge on any atom is 0.342 e. The van der Waals surface area contributed by atoms with Crippen LogP contribution in [-0.4, -0.2) is 32.4 Å². The Hall–Kier alpha value is -3.66. The number of hydrogen-bond donors (Lipinski definition) is 4. The van der Waals surface area contributed by atoms with Crippen molar-refractivity contribution in [2.75, 3.05) is 0 Å². The van der Waals surface area contributed by atoms with Gasteiger partial charge in [-0.1, -0.05) is 54.2 Å². The molecular weight excluding hydrogens is 382 g/mol. The SMILES string of the molecule is O=C(N/N=C\c1ccccc1O)C(Sc1n[nH]c(=O)[nH]c1=O)c1ccccc1. The molecule has 0 saturated heterocycles. The van der Waals surface area contributed by atoms with Crippen molar-refractivity contribution in [2.45, 2.75) is 10.3 Å². The van der Waals surface area contributed by atoms with Gasteiger partial charge in [-0.15, -0.1) is 0 Å². The number of phenolic OH excluding ortho intramolecular Hbond substituents is 1. The Morgan fingerprint density at radius 1 is 1.14 bits per heavy atom. The van der Waals surface area contributed by atoms with E-state index in [1.165, 1.54) is 12.3 Å². The number of hydrogen-bond acceptors (Lipinski definition) is 7. The highest BCUT2D eigenvalue weighted by molar-refractivity contribution is 8.00. The largest absolute Gasteiger partial charge is 0.507 e. The number of H-pyrrole nitrogens is 2. The Morgan fingerprint density at radius 3 is 2.57 bits per heavy atom. The maximum atomic E-state index is 12.7. The van der Waals surface area contributed by atoms with Crippen LogP contribution in [0.2, 0.25) is 0 Å². The lowest BCUT2D eigenvalue weighted by atomic mass is 10.1. The molecule has 2 aromatic carbocycles. The van der Waals surface area contributed by atoms with E-state index in [0.29, 0.717) is 11.1 Å². The van der Waals surface area contributed by atoms with Crippen molar-refractivity contribution in [3.8, 4) is 5.75 Å². The van der Waals surface area contributed by atoms with Gasteiger partial charge in [-0.3, -0.25) is 14.6 Å². The van der Waals surface area contributed by atoms with Crippen LogP contribution in [0.5, 0.6) is 5.75 Å². The maximum absolute atomic E-state index is 12.7. The van der Waals surface area contributed by atoms with Gasteiger partial charge in [0.05, 0.1) is 6.21 Å². The molecule has 10 heteroatoms. The first-order valence-corrected chi connectivity index (χ1v) is 8.94. The van der Waals surface area contributed by atoms with Crippen LogP contribution in [0, 0.1) is 0 Å². The highest BCUT2D eigenvalue weighted by atomic mass is 32.2. The van der Waals surface area contributed by atoms with Crippen LogP contribution in [0.15, 0.2) is 74.3 Å². The molecule has 3 rings (SSSR count). The molecule has 0 fully saturated rings. The molecule has 0 spiro atoms. The summed E-state index contributed by atoms with van der Waals surface area (Å²) in [6.07, 6.45) is 1.31. The lowest BCUT2D eigenvalue weighted by molar-refractivity contribution is -0.120. The number of rotatable bonds is 6. The van der Waals surface area contributed by atoms with Crippen LogP contribution in [0.1, 0.15) is 16.4 Å². The van der Waals surface area contributed by atoms with Gasteiger partial charge in [0.1, 0.15) is 11.0 Å². The molecule has 0 aliphatic heterocycles. The zero-order valence-corrected chi connectivity index (χ0v) is 15.1. The number of hydrazone groups is 1. The number of aromatic amines is 2. The average Bonchev–Trinajstić information content (AvgIpc) is 2.69. The third kappa shape index (κ3) is 4.74. The van der Waals surface area contributed by atoms with Crippen molar-refractivity contribution < 1.29 is 9.90 Å². The quantitative estimate of drug-likeness (QED) is 0.279.